The molecule has 3 aromatic rings. The topological polar surface area (TPSA) is 78.9 Å². The average molecular weight is 557 g/mol. The third-order valence-corrected chi connectivity index (χ3v) is 5.68. The molecule has 1 fully saturated rings. The van der Waals surface area contributed by atoms with E-state index in [0.717, 1.165) is 31.6 Å². The summed E-state index contributed by atoms with van der Waals surface area (Å²) in [5, 5.41) is 10.3. The van der Waals surface area contributed by atoms with Crippen LogP contribution in [0.1, 0.15) is 22.3 Å². The molecule has 1 atom stereocenters. The van der Waals surface area contributed by atoms with Crippen LogP contribution in [0.25, 0.3) is 0 Å². The molecule has 202 valence electrons. The summed E-state index contributed by atoms with van der Waals surface area (Å²) in [5.74, 6) is -3.19. The number of ether oxygens (including phenoxy) is 1. The van der Waals surface area contributed by atoms with Gasteiger partial charge in [-0.15, -0.1) is 0 Å². The highest BCUT2D eigenvalue weighted by atomic mass is 35.5. The van der Waals surface area contributed by atoms with Gasteiger partial charge in [-0.1, -0.05) is 23.7 Å². The smallest absolute Gasteiger partial charge is 0.487 e. The second-order valence-corrected chi connectivity index (χ2v) is 8.71. The predicted molar refractivity (Wildman–Crippen MR) is 130 cm³/mol. The molecule has 1 aliphatic rings. The van der Waals surface area contributed by atoms with Crippen molar-refractivity contribution in [1.82, 2.24) is 4.90 Å². The third-order valence-electron chi connectivity index (χ3n) is 5.38. The van der Waals surface area contributed by atoms with Crippen LogP contribution in [0.5, 0.6) is 5.75 Å². The fraction of sp³-hybridized carbons (Fsp3) is 0.231. The van der Waals surface area contributed by atoms with Crippen LogP contribution in [0.3, 0.4) is 0 Å². The number of aliphatic carboxylic acids is 1. The summed E-state index contributed by atoms with van der Waals surface area (Å²) in [6, 6.07) is 16.9. The number of hydrogen-bond acceptors (Lipinski definition) is 4. The molecule has 0 aliphatic carbocycles. The number of anilines is 1. The molecule has 0 spiro atoms. The lowest BCUT2D eigenvalue weighted by atomic mass is 10.2. The van der Waals surface area contributed by atoms with Gasteiger partial charge >= 0.3 is 12.1 Å². The van der Waals surface area contributed by atoms with E-state index in [2.05, 4.69) is 10.2 Å². The number of nitrogens with one attached hydrogen (secondary N) is 1. The molecule has 1 aliphatic heterocycles. The number of carboxylic acids is 1. The first kappa shape index (κ1) is 28.9. The van der Waals surface area contributed by atoms with E-state index >= 15 is 0 Å². The van der Waals surface area contributed by atoms with Gasteiger partial charge in [0.2, 0.25) is 0 Å². The van der Waals surface area contributed by atoms with Gasteiger partial charge in [0, 0.05) is 30.9 Å². The average Bonchev–Trinajstić information content (AvgIpc) is 3.29. The minimum Gasteiger partial charge on any atom is -0.487 e. The van der Waals surface area contributed by atoms with Crippen molar-refractivity contribution >= 4 is 29.2 Å². The molecule has 0 bridgehead atoms. The van der Waals surface area contributed by atoms with Gasteiger partial charge in [-0.05, 0) is 66.6 Å². The van der Waals surface area contributed by atoms with Gasteiger partial charge in [0.15, 0.2) is 0 Å². The quantitative estimate of drug-likeness (QED) is 0.356. The minimum atomic E-state index is -5.08. The van der Waals surface area contributed by atoms with Gasteiger partial charge in [0.25, 0.3) is 5.91 Å². The van der Waals surface area contributed by atoms with E-state index in [-0.39, 0.29) is 17.8 Å². The third kappa shape index (κ3) is 8.70. The lowest BCUT2D eigenvalue weighted by molar-refractivity contribution is -0.192. The number of amides is 1. The van der Waals surface area contributed by atoms with Crippen molar-refractivity contribution in [3.63, 3.8) is 0 Å². The molecule has 38 heavy (non-hydrogen) atoms. The van der Waals surface area contributed by atoms with Gasteiger partial charge in [0.05, 0.1) is 5.02 Å². The number of carboxylic acid groups (broad SMARTS) is 1. The highest BCUT2D eigenvalue weighted by Crippen LogP contribution is 2.30. The van der Waals surface area contributed by atoms with Crippen LogP contribution in [-0.4, -0.2) is 47.3 Å². The Morgan fingerprint density at radius 3 is 2.13 bits per heavy atom. The van der Waals surface area contributed by atoms with Crippen molar-refractivity contribution in [2.45, 2.75) is 25.2 Å². The first-order valence-electron chi connectivity index (χ1n) is 11.2. The maximum atomic E-state index is 13.1. The van der Waals surface area contributed by atoms with Crippen LogP contribution in [0.15, 0.2) is 66.7 Å². The van der Waals surface area contributed by atoms with Crippen molar-refractivity contribution in [1.29, 1.82) is 0 Å². The molecule has 0 saturated carbocycles. The van der Waals surface area contributed by atoms with Gasteiger partial charge in [-0.3, -0.25) is 9.69 Å². The second kappa shape index (κ2) is 12.7. The largest absolute Gasteiger partial charge is 0.490 e. The zero-order valence-corrected chi connectivity index (χ0v) is 20.4. The molecule has 3 aromatic carbocycles. The summed E-state index contributed by atoms with van der Waals surface area (Å²) >= 11 is 6.36. The lowest BCUT2D eigenvalue weighted by Crippen LogP contribution is -2.24. The van der Waals surface area contributed by atoms with Crippen molar-refractivity contribution < 1.29 is 41.4 Å². The summed E-state index contributed by atoms with van der Waals surface area (Å²) < 4.78 is 63.9. The molecule has 12 heteroatoms. The Labute approximate surface area is 219 Å². The predicted octanol–water partition coefficient (Wildman–Crippen LogP) is 6.16. The number of nitrogens with zero attached hydrogens (tertiary/aromatic N) is 1. The normalized spacial score (nSPS) is 15.4. The Bertz CT molecular complexity index is 1250. The van der Waals surface area contributed by atoms with Crippen LogP contribution < -0.4 is 10.1 Å². The van der Waals surface area contributed by atoms with Crippen molar-refractivity contribution in [2.24, 2.45) is 0 Å². The molecule has 1 heterocycles. The van der Waals surface area contributed by atoms with E-state index in [9.17, 15) is 26.7 Å². The number of halogens is 6. The lowest BCUT2D eigenvalue weighted by Gasteiger charge is -2.18. The zero-order chi connectivity index (χ0) is 27.9. The summed E-state index contributed by atoms with van der Waals surface area (Å²) in [4.78, 5) is 23.4. The number of alkyl halides is 3. The summed E-state index contributed by atoms with van der Waals surface area (Å²) in [6.45, 7) is 2.37. The molecular formula is C26H22ClF5N2O4. The molecule has 1 unspecified atom stereocenters. The minimum absolute atomic E-state index is 0.00222. The van der Waals surface area contributed by atoms with E-state index < -0.39 is 18.0 Å². The van der Waals surface area contributed by atoms with Crippen LogP contribution >= 0.6 is 11.6 Å². The Balaban J connectivity index is 0.000000505. The summed E-state index contributed by atoms with van der Waals surface area (Å²) in [7, 11) is 0. The number of hydrogen-bond donors (Lipinski definition) is 2. The Morgan fingerprint density at radius 1 is 1.00 bits per heavy atom. The van der Waals surface area contributed by atoms with Crippen LogP contribution in [-0.2, 0) is 11.3 Å². The van der Waals surface area contributed by atoms with Gasteiger partial charge in [-0.2, -0.15) is 13.2 Å². The second-order valence-electron chi connectivity index (χ2n) is 8.30. The van der Waals surface area contributed by atoms with Crippen LogP contribution in [0, 0.1) is 11.6 Å². The van der Waals surface area contributed by atoms with Gasteiger partial charge in [-0.25, -0.2) is 13.6 Å². The van der Waals surface area contributed by atoms with E-state index in [0.29, 0.717) is 22.0 Å². The van der Waals surface area contributed by atoms with Crippen LogP contribution in [0.2, 0.25) is 5.02 Å². The van der Waals surface area contributed by atoms with Crippen molar-refractivity contribution in [3.05, 3.63) is 94.5 Å². The molecule has 1 amide bonds. The van der Waals surface area contributed by atoms with E-state index in [1.54, 1.807) is 30.3 Å². The number of likely N-dealkylation sites (tertiary alicyclic amines) is 1. The fourth-order valence-electron chi connectivity index (χ4n) is 3.54. The first-order chi connectivity index (χ1) is 17.9. The number of benzene rings is 3. The highest BCUT2D eigenvalue weighted by molar-refractivity contribution is 6.32. The maximum absolute atomic E-state index is 13.1. The van der Waals surface area contributed by atoms with Gasteiger partial charge in [0.1, 0.15) is 23.5 Å². The molecule has 4 rings (SSSR count). The summed E-state index contributed by atoms with van der Waals surface area (Å²) in [5.41, 5.74) is 1.93. The Kier molecular flexibility index (Phi) is 9.65. The number of carbonyl (C=O) groups excluding carboxylic acids is 1. The molecule has 6 nitrogen and oxygen atoms in total. The van der Waals surface area contributed by atoms with Crippen molar-refractivity contribution in [2.75, 3.05) is 18.4 Å². The van der Waals surface area contributed by atoms with E-state index in [1.165, 1.54) is 36.4 Å². The maximum Gasteiger partial charge on any atom is 0.490 e. The molecule has 2 N–H and O–H groups in total. The first-order valence-corrected chi connectivity index (χ1v) is 11.6. The zero-order valence-electron chi connectivity index (χ0n) is 19.6. The van der Waals surface area contributed by atoms with E-state index in [1.807, 2.05) is 0 Å². The Hall–Kier alpha value is -3.70. The number of rotatable bonds is 6. The Morgan fingerprint density at radius 2 is 1.58 bits per heavy atom. The standard InChI is InChI=1S/C24H21ClF2N2O2.C2HF3O2/c25-22-13-20(28-24(30)17-3-7-19(27)8-4-17)9-10-23(22)31-21-11-12-29(15-21)14-16-1-5-18(26)6-2-16;3-2(4,5)1(6)7/h1-10,13,21H,11-12,14-15H2,(H,28,30);(H,6,7). The monoisotopic (exact) mass is 556 g/mol. The van der Waals surface area contributed by atoms with E-state index in [4.69, 9.17) is 26.2 Å². The summed E-state index contributed by atoms with van der Waals surface area (Å²) in [6.07, 6.45) is -4.22. The fourth-order valence-corrected chi connectivity index (χ4v) is 3.77. The molecule has 0 radical (unpaired) electrons. The van der Waals surface area contributed by atoms with Crippen LogP contribution in [0.4, 0.5) is 27.6 Å². The van der Waals surface area contributed by atoms with Crippen molar-refractivity contribution in [3.8, 4) is 5.75 Å². The SMILES string of the molecule is O=C(Nc1ccc(OC2CCN(Cc3ccc(F)cc3)C2)c(Cl)c1)c1ccc(F)cc1.O=C(O)C(F)(F)F. The molecule has 0 aromatic heterocycles. The highest BCUT2D eigenvalue weighted by Gasteiger charge is 2.38. The van der Waals surface area contributed by atoms with Gasteiger partial charge < -0.3 is 15.2 Å². The number of carbonyl (C=O) groups is 2. The molecular weight excluding hydrogens is 535 g/mol. The molecule has 1 saturated heterocycles.